The van der Waals surface area contributed by atoms with Crippen molar-refractivity contribution in [1.29, 1.82) is 0 Å². The molecule has 0 fully saturated rings. The van der Waals surface area contributed by atoms with Crippen LogP contribution in [0.2, 0.25) is 0 Å². The van der Waals surface area contributed by atoms with Crippen molar-refractivity contribution in [3.63, 3.8) is 0 Å². The van der Waals surface area contributed by atoms with Crippen LogP contribution in [0.5, 0.6) is 0 Å². The molecule has 0 spiro atoms. The molecule has 0 aliphatic heterocycles. The number of urea groups is 1. The van der Waals surface area contributed by atoms with Crippen molar-refractivity contribution in [3.05, 3.63) is 36.5 Å². The number of esters is 6. The first-order chi connectivity index (χ1) is 25.9. The molecule has 0 aromatic rings. The molecule has 0 radical (unpaired) electrons. The van der Waals surface area contributed by atoms with Crippen LogP contribution in [-0.2, 0) is 71.4 Å². The average molecular weight is 790 g/mol. The van der Waals surface area contributed by atoms with Gasteiger partial charge < -0.3 is 63.9 Å². The summed E-state index contributed by atoms with van der Waals surface area (Å²) < 4.78 is 42.4. The van der Waals surface area contributed by atoms with Gasteiger partial charge in [-0.15, -0.1) is 0 Å². The fraction of sp³-hybridized carbons (Fsp3) is 0.484. The second-order valence-corrected chi connectivity index (χ2v) is 10.2. The molecule has 4 N–H and O–H groups in total. The lowest BCUT2D eigenvalue weighted by atomic mass is 10.4. The Morgan fingerprint density at radius 2 is 0.709 bits per heavy atom. The molecule has 0 saturated carbocycles. The molecule has 0 rings (SSSR count). The lowest BCUT2D eigenvalue weighted by Gasteiger charge is -2.23. The standard InChI is InChI=1S/C31H43N5O19/c1-19(2)25(40)50-10-7-47-22(37)13-53-29(44)33-16-32-28(43)36(17-34-30(45)54-14-23(38)48-8-11-51-26(41)20(3)4)18-35-31(46)55-15-24(39)49-9-12-52-27(42)21(5)6/h1,3,5,7-18H2,2,4,6H3,(H,32,43)(H,33,44)(H,34,45)(H,35,46). The van der Waals surface area contributed by atoms with Crippen LogP contribution in [0.15, 0.2) is 36.5 Å². The predicted octanol–water partition coefficient (Wildman–Crippen LogP) is -0.963. The van der Waals surface area contributed by atoms with Crippen molar-refractivity contribution in [3.8, 4) is 0 Å². The summed E-state index contributed by atoms with van der Waals surface area (Å²) in [5, 5.41) is 8.49. The monoisotopic (exact) mass is 789 g/mol. The van der Waals surface area contributed by atoms with Gasteiger partial charge in [0.1, 0.15) is 39.6 Å². The van der Waals surface area contributed by atoms with Crippen LogP contribution in [0.4, 0.5) is 19.2 Å². The van der Waals surface area contributed by atoms with Crippen LogP contribution in [-0.4, -0.2) is 144 Å². The lowest BCUT2D eigenvalue weighted by Crippen LogP contribution is -2.52. The molecule has 0 aromatic heterocycles. The zero-order valence-electron chi connectivity index (χ0n) is 30.3. The summed E-state index contributed by atoms with van der Waals surface area (Å²) >= 11 is 0. The molecule has 0 bridgehead atoms. The van der Waals surface area contributed by atoms with Crippen LogP contribution in [0.1, 0.15) is 20.8 Å². The average Bonchev–Trinajstić information content (AvgIpc) is 3.13. The number of nitrogens with one attached hydrogen (secondary N) is 4. The molecule has 306 valence electrons. The third-order valence-electron chi connectivity index (χ3n) is 5.34. The van der Waals surface area contributed by atoms with E-state index in [-0.39, 0.29) is 56.4 Å². The fourth-order valence-corrected chi connectivity index (χ4v) is 2.71. The number of carbonyl (C=O) groups excluding carboxylic acids is 10. The van der Waals surface area contributed by atoms with Crippen molar-refractivity contribution in [1.82, 2.24) is 26.2 Å². The van der Waals surface area contributed by atoms with Crippen molar-refractivity contribution in [2.75, 3.05) is 79.5 Å². The van der Waals surface area contributed by atoms with E-state index in [0.29, 0.717) is 0 Å². The van der Waals surface area contributed by atoms with Crippen molar-refractivity contribution >= 4 is 60.1 Å². The lowest BCUT2D eigenvalue weighted by molar-refractivity contribution is -0.152. The molecular formula is C31H43N5O19. The second kappa shape index (κ2) is 27.7. The van der Waals surface area contributed by atoms with Crippen molar-refractivity contribution < 1.29 is 90.6 Å². The number of rotatable bonds is 24. The maximum atomic E-state index is 12.8. The summed E-state index contributed by atoms with van der Waals surface area (Å²) in [5.74, 6) is -5.10. The van der Waals surface area contributed by atoms with E-state index in [1.165, 1.54) is 20.8 Å². The SMILES string of the molecule is C=C(C)C(=O)OCCOC(=O)COC(=O)NCNC(=O)N(CNC(=O)OCC(=O)OCCOC(=O)C(=C)C)CNC(=O)OCC(=O)OCCOC(=O)C(=C)C. The molecule has 0 aliphatic carbocycles. The van der Waals surface area contributed by atoms with Crippen LogP contribution < -0.4 is 21.3 Å². The number of hydrogen-bond donors (Lipinski definition) is 4. The number of carbonyl (C=O) groups is 10. The minimum Gasteiger partial charge on any atom is -0.460 e. The van der Waals surface area contributed by atoms with Crippen molar-refractivity contribution in [2.24, 2.45) is 0 Å². The Morgan fingerprint density at radius 1 is 0.418 bits per heavy atom. The van der Waals surface area contributed by atoms with E-state index in [0.717, 1.165) is 4.90 Å². The van der Waals surface area contributed by atoms with E-state index in [9.17, 15) is 47.9 Å². The fourth-order valence-electron chi connectivity index (χ4n) is 2.71. The summed E-state index contributed by atoms with van der Waals surface area (Å²) in [6, 6.07) is -1.04. The molecule has 0 unspecified atom stereocenters. The van der Waals surface area contributed by atoms with E-state index in [2.05, 4.69) is 55.2 Å². The Morgan fingerprint density at radius 3 is 1.02 bits per heavy atom. The van der Waals surface area contributed by atoms with Crippen LogP contribution in [0, 0.1) is 0 Å². The number of ether oxygens (including phenoxy) is 9. The molecule has 55 heavy (non-hydrogen) atoms. The van der Waals surface area contributed by atoms with Gasteiger partial charge in [-0.1, -0.05) is 19.7 Å². The largest absolute Gasteiger partial charge is 0.460 e. The summed E-state index contributed by atoms with van der Waals surface area (Å²) in [4.78, 5) is 119. The normalized spacial score (nSPS) is 9.73. The van der Waals surface area contributed by atoms with Gasteiger partial charge >= 0.3 is 60.1 Å². The Balaban J connectivity index is 4.90. The second-order valence-electron chi connectivity index (χ2n) is 10.2. The van der Waals surface area contributed by atoms with Gasteiger partial charge in [-0.2, -0.15) is 0 Å². The van der Waals surface area contributed by atoms with Gasteiger partial charge in [-0.3, -0.25) is 4.90 Å². The summed E-state index contributed by atoms with van der Waals surface area (Å²) in [6.45, 7) is 7.94. The molecule has 24 heteroatoms. The van der Waals surface area contributed by atoms with Gasteiger partial charge in [0, 0.05) is 16.7 Å². The summed E-state index contributed by atoms with van der Waals surface area (Å²) in [7, 11) is 0. The van der Waals surface area contributed by atoms with Gasteiger partial charge in [-0.25, -0.2) is 47.9 Å². The Bertz CT molecular complexity index is 1380. The number of hydrogen-bond acceptors (Lipinski definition) is 19. The van der Waals surface area contributed by atoms with Crippen molar-refractivity contribution in [2.45, 2.75) is 20.8 Å². The third-order valence-corrected chi connectivity index (χ3v) is 5.34. The summed E-state index contributed by atoms with van der Waals surface area (Å²) in [6.07, 6.45) is -3.64. The maximum Gasteiger partial charge on any atom is 0.409 e. The quantitative estimate of drug-likeness (QED) is 0.0301. The van der Waals surface area contributed by atoms with Crippen LogP contribution >= 0.6 is 0 Å². The van der Waals surface area contributed by atoms with Gasteiger partial charge in [0.15, 0.2) is 19.8 Å². The van der Waals surface area contributed by atoms with E-state index in [4.69, 9.17) is 28.4 Å². The Labute approximate surface area is 313 Å². The first kappa shape index (κ1) is 48.1. The van der Waals surface area contributed by atoms with Gasteiger partial charge in [0.25, 0.3) is 0 Å². The molecule has 0 aliphatic rings. The highest BCUT2D eigenvalue weighted by molar-refractivity contribution is 5.88. The van der Waals surface area contributed by atoms with Crippen LogP contribution in [0.25, 0.3) is 0 Å². The number of amides is 5. The highest BCUT2D eigenvalue weighted by Crippen LogP contribution is 1.95. The van der Waals surface area contributed by atoms with Crippen LogP contribution in [0.3, 0.4) is 0 Å². The van der Waals surface area contributed by atoms with E-state index < -0.39 is 100.0 Å². The predicted molar refractivity (Wildman–Crippen MR) is 179 cm³/mol. The van der Waals surface area contributed by atoms with E-state index in [1.807, 2.05) is 0 Å². The first-order valence-electron chi connectivity index (χ1n) is 15.6. The smallest absolute Gasteiger partial charge is 0.409 e. The zero-order valence-corrected chi connectivity index (χ0v) is 30.3. The minimum absolute atomic E-state index is 0.130. The summed E-state index contributed by atoms with van der Waals surface area (Å²) in [5.41, 5.74) is 0.401. The number of alkyl carbamates (subject to hydrolysis) is 3. The first-order valence-corrected chi connectivity index (χ1v) is 15.6. The highest BCUT2D eigenvalue weighted by atomic mass is 16.6. The molecule has 0 aromatic carbocycles. The molecule has 0 atom stereocenters. The molecular weight excluding hydrogens is 746 g/mol. The zero-order chi connectivity index (χ0) is 41.8. The van der Waals surface area contributed by atoms with Gasteiger partial charge in [0.05, 0.1) is 20.0 Å². The van der Waals surface area contributed by atoms with E-state index in [1.54, 1.807) is 0 Å². The van der Waals surface area contributed by atoms with Gasteiger partial charge in [-0.05, 0) is 20.8 Å². The molecule has 0 saturated heterocycles. The maximum absolute atomic E-state index is 12.8. The van der Waals surface area contributed by atoms with E-state index >= 15 is 0 Å². The topological polar surface area (TPSA) is 305 Å². The Hall–Kier alpha value is -6.88. The molecule has 0 heterocycles. The minimum atomic E-state index is -1.23. The molecule has 5 amide bonds. The number of nitrogens with zero attached hydrogens (tertiary/aromatic N) is 1. The Kier molecular flexibility index (Phi) is 24.3. The highest BCUT2D eigenvalue weighted by Gasteiger charge is 2.19. The van der Waals surface area contributed by atoms with Gasteiger partial charge in [0.2, 0.25) is 0 Å². The third kappa shape index (κ3) is 25.7. The molecule has 24 nitrogen and oxygen atoms in total.